The van der Waals surface area contributed by atoms with E-state index in [-0.39, 0.29) is 5.56 Å². The summed E-state index contributed by atoms with van der Waals surface area (Å²) in [6.07, 6.45) is 0. The van der Waals surface area contributed by atoms with Crippen LogP contribution in [0.2, 0.25) is 0 Å². The van der Waals surface area contributed by atoms with Crippen molar-refractivity contribution in [3.05, 3.63) is 39.5 Å². The molecule has 2 aromatic heterocycles. The van der Waals surface area contributed by atoms with Crippen LogP contribution < -0.4 is 10.9 Å². The Morgan fingerprint density at radius 3 is 3.00 bits per heavy atom. The smallest absolute Gasteiger partial charge is 0.271 e. The minimum Gasteiger partial charge on any atom is -0.315 e. The maximum atomic E-state index is 11.7. The van der Waals surface area contributed by atoms with Crippen molar-refractivity contribution in [3.63, 3.8) is 0 Å². The Hall–Kier alpha value is -1.46. The van der Waals surface area contributed by atoms with Crippen molar-refractivity contribution in [2.24, 2.45) is 7.05 Å². The molecule has 0 saturated heterocycles. The molecule has 0 amide bonds. The van der Waals surface area contributed by atoms with E-state index in [1.165, 1.54) is 4.68 Å². The molecule has 2 heterocycles. The molecular weight excluding hydrogens is 222 g/mol. The third kappa shape index (κ3) is 2.05. The van der Waals surface area contributed by atoms with E-state index in [9.17, 15) is 4.79 Å². The standard InChI is InChI=1S/C11H13N3OS/c1-12-7-8-6-9(10-4-3-5-16-10)13-14(2)11(8)15/h3-6,12H,7H2,1-2H3. The van der Waals surface area contributed by atoms with Crippen molar-refractivity contribution in [1.82, 2.24) is 15.1 Å². The summed E-state index contributed by atoms with van der Waals surface area (Å²) in [5, 5.41) is 9.23. The van der Waals surface area contributed by atoms with E-state index in [0.29, 0.717) is 6.54 Å². The molecule has 0 aliphatic rings. The second-order valence-corrected chi connectivity index (χ2v) is 4.44. The number of rotatable bonds is 3. The van der Waals surface area contributed by atoms with Gasteiger partial charge in [0.1, 0.15) is 5.69 Å². The fourth-order valence-electron chi connectivity index (χ4n) is 1.53. The van der Waals surface area contributed by atoms with Crippen molar-refractivity contribution in [1.29, 1.82) is 0 Å². The van der Waals surface area contributed by atoms with Gasteiger partial charge in [0.15, 0.2) is 0 Å². The first-order valence-corrected chi connectivity index (χ1v) is 5.86. The van der Waals surface area contributed by atoms with Gasteiger partial charge in [0, 0.05) is 19.2 Å². The average molecular weight is 235 g/mol. The number of hydrogen-bond acceptors (Lipinski definition) is 4. The molecule has 5 heteroatoms. The minimum absolute atomic E-state index is 0.0466. The SMILES string of the molecule is CNCc1cc(-c2cccs2)nn(C)c1=O. The summed E-state index contributed by atoms with van der Waals surface area (Å²) in [7, 11) is 3.50. The van der Waals surface area contributed by atoms with Gasteiger partial charge in [-0.05, 0) is 24.6 Å². The number of aromatic nitrogens is 2. The molecule has 0 atom stereocenters. The van der Waals surface area contributed by atoms with E-state index >= 15 is 0 Å². The molecule has 0 radical (unpaired) electrons. The highest BCUT2D eigenvalue weighted by atomic mass is 32.1. The van der Waals surface area contributed by atoms with E-state index in [1.54, 1.807) is 18.4 Å². The second-order valence-electron chi connectivity index (χ2n) is 3.49. The first-order valence-electron chi connectivity index (χ1n) is 4.98. The molecule has 4 nitrogen and oxygen atoms in total. The third-order valence-corrected chi connectivity index (χ3v) is 3.17. The van der Waals surface area contributed by atoms with Crippen LogP contribution in [0.25, 0.3) is 10.6 Å². The van der Waals surface area contributed by atoms with Gasteiger partial charge in [0.2, 0.25) is 0 Å². The molecule has 0 aromatic carbocycles. The topological polar surface area (TPSA) is 46.9 Å². The Morgan fingerprint density at radius 2 is 2.38 bits per heavy atom. The largest absolute Gasteiger partial charge is 0.315 e. The number of hydrogen-bond donors (Lipinski definition) is 1. The Balaban J connectivity index is 2.53. The van der Waals surface area contributed by atoms with Crippen molar-refractivity contribution in [2.75, 3.05) is 7.05 Å². The van der Waals surface area contributed by atoms with Gasteiger partial charge in [-0.25, -0.2) is 4.68 Å². The van der Waals surface area contributed by atoms with Gasteiger partial charge >= 0.3 is 0 Å². The number of aryl methyl sites for hydroxylation is 1. The quantitative estimate of drug-likeness (QED) is 0.870. The van der Waals surface area contributed by atoms with Crippen LogP contribution in [0.15, 0.2) is 28.4 Å². The molecule has 84 valence electrons. The zero-order valence-corrected chi connectivity index (χ0v) is 10.0. The van der Waals surface area contributed by atoms with Gasteiger partial charge in [-0.3, -0.25) is 4.79 Å². The molecule has 1 N–H and O–H groups in total. The lowest BCUT2D eigenvalue weighted by atomic mass is 10.2. The minimum atomic E-state index is -0.0466. The van der Waals surface area contributed by atoms with Gasteiger partial charge in [0.25, 0.3) is 5.56 Å². The maximum absolute atomic E-state index is 11.7. The van der Waals surface area contributed by atoms with E-state index in [0.717, 1.165) is 16.1 Å². The van der Waals surface area contributed by atoms with E-state index in [1.807, 2.05) is 30.6 Å². The molecule has 0 saturated carbocycles. The highest BCUT2D eigenvalue weighted by Crippen LogP contribution is 2.21. The highest BCUT2D eigenvalue weighted by molar-refractivity contribution is 7.13. The van der Waals surface area contributed by atoms with Crippen molar-refractivity contribution >= 4 is 11.3 Å². The van der Waals surface area contributed by atoms with Crippen molar-refractivity contribution in [3.8, 4) is 10.6 Å². The van der Waals surface area contributed by atoms with Crippen LogP contribution in [-0.2, 0) is 13.6 Å². The first-order chi connectivity index (χ1) is 7.72. The van der Waals surface area contributed by atoms with Gasteiger partial charge < -0.3 is 5.32 Å². The van der Waals surface area contributed by atoms with Crippen LogP contribution in [0.5, 0.6) is 0 Å². The zero-order chi connectivity index (χ0) is 11.5. The molecule has 2 aromatic rings. The molecule has 0 fully saturated rings. The normalized spacial score (nSPS) is 10.6. The molecule has 0 aliphatic carbocycles. The third-order valence-electron chi connectivity index (χ3n) is 2.28. The lowest BCUT2D eigenvalue weighted by Crippen LogP contribution is -2.26. The van der Waals surface area contributed by atoms with Gasteiger partial charge in [0.05, 0.1) is 4.88 Å². The van der Waals surface area contributed by atoms with Crippen LogP contribution in [0.3, 0.4) is 0 Å². The predicted molar refractivity (Wildman–Crippen MR) is 65.6 cm³/mol. The molecule has 0 spiro atoms. The Morgan fingerprint density at radius 1 is 1.56 bits per heavy atom. The summed E-state index contributed by atoms with van der Waals surface area (Å²) >= 11 is 1.62. The van der Waals surface area contributed by atoms with Crippen LogP contribution in [0.1, 0.15) is 5.56 Å². The molecule has 2 rings (SSSR count). The summed E-state index contributed by atoms with van der Waals surface area (Å²) in [5.41, 5.74) is 1.54. The van der Waals surface area contributed by atoms with Crippen LogP contribution >= 0.6 is 11.3 Å². The molecule has 0 aliphatic heterocycles. The predicted octanol–water partition coefficient (Wildman–Crippen LogP) is 1.23. The fraction of sp³-hybridized carbons (Fsp3) is 0.273. The van der Waals surface area contributed by atoms with Crippen LogP contribution in [-0.4, -0.2) is 16.8 Å². The molecule has 0 unspecified atom stereocenters. The lowest BCUT2D eigenvalue weighted by molar-refractivity contribution is 0.684. The zero-order valence-electron chi connectivity index (χ0n) is 9.23. The van der Waals surface area contributed by atoms with E-state index in [4.69, 9.17) is 0 Å². The van der Waals surface area contributed by atoms with E-state index < -0.39 is 0 Å². The second kappa shape index (κ2) is 4.59. The number of nitrogens with zero attached hydrogens (tertiary/aromatic N) is 2. The average Bonchev–Trinajstić information content (AvgIpc) is 2.78. The summed E-state index contributed by atoms with van der Waals surface area (Å²) < 4.78 is 1.39. The summed E-state index contributed by atoms with van der Waals surface area (Å²) in [6.45, 7) is 0.563. The monoisotopic (exact) mass is 235 g/mol. The Kier molecular flexibility index (Phi) is 3.17. The summed E-state index contributed by atoms with van der Waals surface area (Å²) in [6, 6.07) is 5.83. The summed E-state index contributed by atoms with van der Waals surface area (Å²) in [5.74, 6) is 0. The first kappa shape index (κ1) is 11.0. The number of thiophene rings is 1. The maximum Gasteiger partial charge on any atom is 0.271 e. The van der Waals surface area contributed by atoms with E-state index in [2.05, 4.69) is 10.4 Å². The lowest BCUT2D eigenvalue weighted by Gasteiger charge is -2.05. The van der Waals surface area contributed by atoms with Gasteiger partial charge in [-0.1, -0.05) is 6.07 Å². The van der Waals surface area contributed by atoms with Gasteiger partial charge in [-0.15, -0.1) is 11.3 Å². The van der Waals surface area contributed by atoms with Crippen LogP contribution in [0, 0.1) is 0 Å². The Labute approximate surface area is 97.6 Å². The number of nitrogens with one attached hydrogen (secondary N) is 1. The summed E-state index contributed by atoms with van der Waals surface area (Å²) in [4.78, 5) is 12.8. The van der Waals surface area contributed by atoms with Crippen LogP contribution in [0.4, 0.5) is 0 Å². The fourth-order valence-corrected chi connectivity index (χ4v) is 2.21. The molecule has 16 heavy (non-hydrogen) atoms. The highest BCUT2D eigenvalue weighted by Gasteiger charge is 2.07. The van der Waals surface area contributed by atoms with Gasteiger partial charge in [-0.2, -0.15) is 5.10 Å². The Bertz CT molecular complexity index is 531. The molecular formula is C11H13N3OS. The van der Waals surface area contributed by atoms with Crippen molar-refractivity contribution in [2.45, 2.75) is 6.54 Å². The van der Waals surface area contributed by atoms with Crippen molar-refractivity contribution < 1.29 is 0 Å². The molecule has 0 bridgehead atoms.